The Morgan fingerprint density at radius 2 is 1.86 bits per heavy atom. The summed E-state index contributed by atoms with van der Waals surface area (Å²) in [7, 11) is -16.4. The van der Waals surface area contributed by atoms with Gasteiger partial charge in [-0.05, 0) is 0 Å². The number of phosphoric ester groups is 1. The van der Waals surface area contributed by atoms with Gasteiger partial charge in [0.1, 0.15) is 0 Å². The van der Waals surface area contributed by atoms with Crippen LogP contribution in [0.5, 0.6) is 0 Å². The van der Waals surface area contributed by atoms with Crippen molar-refractivity contribution in [1.29, 1.82) is 0 Å². The molecule has 0 spiro atoms. The quantitative estimate of drug-likeness (QED) is 0.244. The van der Waals surface area contributed by atoms with Crippen molar-refractivity contribution in [2.75, 3.05) is 6.61 Å². The molecule has 162 valence electrons. The molecule has 18 heteroatoms. The number of phosphoric acid groups is 3. The van der Waals surface area contributed by atoms with Gasteiger partial charge >= 0.3 is 29.2 Å². The minimum Gasteiger partial charge on any atom is -0.347 e. The Bertz CT molecular complexity index is 1080. The second-order valence-corrected chi connectivity index (χ2v) is 9.84. The summed E-state index contributed by atoms with van der Waals surface area (Å²) in [6.07, 6.45) is -0.886. The molecule has 4 atom stereocenters. The molecule has 15 nitrogen and oxygen atoms in total. The van der Waals surface area contributed by atoms with Crippen LogP contribution >= 0.6 is 23.5 Å². The summed E-state index contributed by atoms with van der Waals surface area (Å²) in [5.74, 6) is 0. The van der Waals surface area contributed by atoms with Crippen LogP contribution in [0.4, 0.5) is 0 Å². The smallest absolute Gasteiger partial charge is 0.347 e. The predicted molar refractivity (Wildman–Crippen MR) is 92.3 cm³/mol. The highest BCUT2D eigenvalue weighted by molar-refractivity contribution is 7.66. The van der Waals surface area contributed by atoms with Crippen LogP contribution in [0.3, 0.4) is 0 Å². The molecule has 0 amide bonds. The van der Waals surface area contributed by atoms with Gasteiger partial charge in [0.2, 0.25) is 0 Å². The molecule has 2 heterocycles. The minimum atomic E-state index is -5.63. The third-order valence-corrected chi connectivity index (χ3v) is 7.04. The molecule has 2 rings (SSSR count). The first-order valence-electron chi connectivity index (χ1n) is 7.35. The van der Waals surface area contributed by atoms with Crippen molar-refractivity contribution < 1.29 is 51.2 Å². The second kappa shape index (κ2) is 8.75. The van der Waals surface area contributed by atoms with Crippen molar-refractivity contribution in [3.8, 4) is 0 Å². The first-order chi connectivity index (χ1) is 13.2. The third-order valence-electron chi connectivity index (χ3n) is 3.24. The molecule has 0 radical (unpaired) electrons. The number of aromatic nitrogens is 2. The van der Waals surface area contributed by atoms with Crippen molar-refractivity contribution in [3.63, 3.8) is 0 Å². The summed E-state index contributed by atoms with van der Waals surface area (Å²) in [6, 6.07) is 1.06. The number of nitrogens with one attached hydrogen (secondary N) is 1. The molecule has 29 heavy (non-hydrogen) atoms. The van der Waals surface area contributed by atoms with Gasteiger partial charge in [-0.2, -0.15) is 8.62 Å². The van der Waals surface area contributed by atoms with Crippen molar-refractivity contribution in [2.24, 2.45) is 0 Å². The summed E-state index contributed by atoms with van der Waals surface area (Å²) in [5, 5.41) is 0. The molecule has 2 unspecified atom stereocenters. The highest BCUT2D eigenvalue weighted by Gasteiger charge is 2.42. The SMILES string of the molecule is C=C=C1C[C@@H](COP(=O)(O)OP(=O)(O)OP(=O)(O)O)O[C@H]1n1ccc(=O)[nH]c1=O. The first kappa shape index (κ1) is 23.8. The second-order valence-electron chi connectivity index (χ2n) is 5.42. The van der Waals surface area contributed by atoms with E-state index in [1.54, 1.807) is 0 Å². The van der Waals surface area contributed by atoms with Gasteiger partial charge < -0.3 is 24.3 Å². The standard InChI is InChI=1S/C11H15N2O13P3/c1-2-7-5-8(24-10(7)13-4-3-9(14)12-11(13)15)6-23-28(19,20)26-29(21,22)25-27(16,17)18/h3-4,8,10H,1,5-6H2,(H,19,20)(H,21,22)(H,12,14,15)(H2,16,17,18)/t8-,10+/m0/s1. The normalized spacial score (nSPS) is 23.9. The zero-order chi connectivity index (χ0) is 22.0. The number of aromatic amines is 1. The van der Waals surface area contributed by atoms with E-state index in [0.717, 1.165) is 16.8 Å². The van der Waals surface area contributed by atoms with E-state index in [1.165, 1.54) is 0 Å². The van der Waals surface area contributed by atoms with Crippen LogP contribution in [-0.4, -0.2) is 41.8 Å². The zero-order valence-electron chi connectivity index (χ0n) is 14.2. The molecule has 1 fully saturated rings. The van der Waals surface area contributed by atoms with E-state index in [9.17, 15) is 28.2 Å². The highest BCUT2D eigenvalue weighted by atomic mass is 31.3. The van der Waals surface area contributed by atoms with Crippen LogP contribution in [0, 0.1) is 0 Å². The molecule has 0 bridgehead atoms. The average Bonchev–Trinajstić information content (AvgIpc) is 2.92. The summed E-state index contributed by atoms with van der Waals surface area (Å²) in [5.41, 5.74) is 1.42. The van der Waals surface area contributed by atoms with E-state index in [-0.39, 0.29) is 6.42 Å². The van der Waals surface area contributed by atoms with E-state index in [2.05, 4.69) is 25.5 Å². The average molecular weight is 476 g/mol. The number of hydrogen-bond acceptors (Lipinski definition) is 9. The van der Waals surface area contributed by atoms with Gasteiger partial charge in [0.15, 0.2) is 6.23 Å². The van der Waals surface area contributed by atoms with Gasteiger partial charge in [-0.25, -0.2) is 18.5 Å². The number of ether oxygens (including phenoxy) is 1. The Morgan fingerprint density at radius 1 is 1.21 bits per heavy atom. The molecule has 1 aliphatic heterocycles. The number of rotatable bonds is 8. The van der Waals surface area contributed by atoms with Crippen molar-refractivity contribution in [3.05, 3.63) is 51.0 Å². The molecule has 0 aliphatic carbocycles. The maximum Gasteiger partial charge on any atom is 0.490 e. The molecule has 1 saturated heterocycles. The van der Waals surface area contributed by atoms with Crippen molar-refractivity contribution in [1.82, 2.24) is 9.55 Å². The van der Waals surface area contributed by atoms with Crippen LogP contribution in [0.25, 0.3) is 0 Å². The molecule has 1 aliphatic rings. The fourth-order valence-electron chi connectivity index (χ4n) is 2.24. The van der Waals surface area contributed by atoms with Gasteiger partial charge in [0.05, 0.1) is 12.7 Å². The van der Waals surface area contributed by atoms with Crippen molar-refractivity contribution >= 4 is 23.5 Å². The van der Waals surface area contributed by atoms with E-state index in [0.29, 0.717) is 5.57 Å². The lowest BCUT2D eigenvalue weighted by atomic mass is 10.1. The van der Waals surface area contributed by atoms with Gasteiger partial charge in [-0.3, -0.25) is 18.9 Å². The van der Waals surface area contributed by atoms with Crippen molar-refractivity contribution in [2.45, 2.75) is 18.8 Å². The largest absolute Gasteiger partial charge is 0.490 e. The van der Waals surface area contributed by atoms with Gasteiger partial charge in [-0.15, -0.1) is 5.73 Å². The summed E-state index contributed by atoms with van der Waals surface area (Å²) in [4.78, 5) is 60.5. The Balaban J connectivity index is 2.06. The Hall–Kier alpha value is -1.43. The molecule has 5 N–H and O–H groups in total. The van der Waals surface area contributed by atoms with Gasteiger partial charge in [0, 0.05) is 24.3 Å². The fraction of sp³-hybridized carbons (Fsp3) is 0.364. The van der Waals surface area contributed by atoms with Crippen LogP contribution in [0.15, 0.2) is 39.7 Å². The summed E-state index contributed by atoms with van der Waals surface area (Å²) in [6.45, 7) is 2.73. The maximum absolute atomic E-state index is 11.9. The van der Waals surface area contributed by atoms with E-state index < -0.39 is 53.7 Å². The van der Waals surface area contributed by atoms with Crippen LogP contribution in [0.1, 0.15) is 12.6 Å². The third kappa shape index (κ3) is 7.09. The lowest BCUT2D eigenvalue weighted by Gasteiger charge is -2.18. The topological polar surface area (TPSA) is 224 Å². The molecule has 0 aromatic carbocycles. The number of H-pyrrole nitrogens is 1. The van der Waals surface area contributed by atoms with Gasteiger partial charge in [-0.1, -0.05) is 6.58 Å². The Morgan fingerprint density at radius 3 is 2.41 bits per heavy atom. The molecule has 1 aromatic rings. The van der Waals surface area contributed by atoms with Crippen LogP contribution in [0.2, 0.25) is 0 Å². The lowest BCUT2D eigenvalue weighted by Crippen LogP contribution is -2.32. The molecular formula is C11H15N2O13P3. The maximum atomic E-state index is 11.9. The predicted octanol–water partition coefficient (Wildman–Crippen LogP) is -0.121. The lowest BCUT2D eigenvalue weighted by molar-refractivity contribution is -0.0168. The Labute approximate surface area is 161 Å². The van der Waals surface area contributed by atoms with Crippen LogP contribution < -0.4 is 11.2 Å². The minimum absolute atomic E-state index is 0.00943. The van der Waals surface area contributed by atoms with Crippen LogP contribution in [-0.2, 0) is 31.6 Å². The Kier molecular flexibility index (Phi) is 7.19. The summed E-state index contributed by atoms with van der Waals surface area (Å²) >= 11 is 0. The molecule has 0 saturated carbocycles. The van der Waals surface area contributed by atoms with E-state index in [4.69, 9.17) is 19.4 Å². The fourth-order valence-corrected chi connectivity index (χ4v) is 5.29. The monoisotopic (exact) mass is 476 g/mol. The van der Waals surface area contributed by atoms with E-state index in [1.807, 2.05) is 4.98 Å². The molecular weight excluding hydrogens is 461 g/mol. The van der Waals surface area contributed by atoms with Gasteiger partial charge in [0.25, 0.3) is 5.56 Å². The molecule has 1 aromatic heterocycles. The van der Waals surface area contributed by atoms with E-state index >= 15 is 0 Å². The number of hydrogen-bond donors (Lipinski definition) is 5. The number of nitrogens with zero attached hydrogens (tertiary/aromatic N) is 1. The highest BCUT2D eigenvalue weighted by Crippen LogP contribution is 2.66. The first-order valence-corrected chi connectivity index (χ1v) is 11.9. The zero-order valence-corrected chi connectivity index (χ0v) is 16.9. The summed E-state index contributed by atoms with van der Waals surface area (Å²) < 4.78 is 51.7.